The Morgan fingerprint density at radius 3 is 2.64 bits per heavy atom. The van der Waals surface area contributed by atoms with Crippen LogP contribution in [0.4, 0.5) is 0 Å². The van der Waals surface area contributed by atoms with Crippen molar-refractivity contribution < 1.29 is 19.4 Å². The van der Waals surface area contributed by atoms with Crippen LogP contribution in [0, 0.1) is 6.92 Å². The van der Waals surface area contributed by atoms with Gasteiger partial charge in [0.15, 0.2) is 0 Å². The van der Waals surface area contributed by atoms with Crippen LogP contribution in [0.2, 0.25) is 0 Å². The number of aromatic nitrogens is 2. The van der Waals surface area contributed by atoms with Gasteiger partial charge in [0.05, 0.1) is 6.61 Å². The molecule has 0 radical (unpaired) electrons. The molecular formula is C14H20N2O5S. The number of hydrogen-bond donors (Lipinski definition) is 2. The smallest absolute Gasteiger partial charge is 0.346 e. The minimum Gasteiger partial charge on any atom is -0.480 e. The van der Waals surface area contributed by atoms with Crippen LogP contribution in [-0.4, -0.2) is 38.9 Å². The van der Waals surface area contributed by atoms with Gasteiger partial charge in [-0.15, -0.1) is 0 Å². The fourth-order valence-electron chi connectivity index (χ4n) is 1.85. The molecule has 1 aromatic rings. The van der Waals surface area contributed by atoms with Crippen molar-refractivity contribution in [1.82, 2.24) is 9.97 Å². The lowest BCUT2D eigenvalue weighted by atomic mass is 10.2. The summed E-state index contributed by atoms with van der Waals surface area (Å²) in [6.45, 7) is 5.37. The maximum Gasteiger partial charge on any atom is 0.346 e. The number of carbonyl (C=O) groups is 2. The third-order valence-corrected chi connectivity index (χ3v) is 4.16. The topological polar surface area (TPSA) is 109 Å². The Hall–Kier alpha value is -1.83. The number of unbranched alkanes of at least 4 members (excludes halogenated alkanes) is 1. The van der Waals surface area contributed by atoms with Crippen LogP contribution >= 0.6 is 11.8 Å². The van der Waals surface area contributed by atoms with Crippen molar-refractivity contribution in [2.24, 2.45) is 0 Å². The van der Waals surface area contributed by atoms with Crippen molar-refractivity contribution in [3.8, 4) is 0 Å². The van der Waals surface area contributed by atoms with Crippen molar-refractivity contribution in [2.75, 3.05) is 6.61 Å². The number of esters is 1. The Kier molecular flexibility index (Phi) is 7.10. The maximum atomic E-state index is 12.0. The molecule has 0 fully saturated rings. The van der Waals surface area contributed by atoms with E-state index in [0.717, 1.165) is 24.6 Å². The molecule has 122 valence electrons. The number of aryl methyl sites for hydroxylation is 1. The summed E-state index contributed by atoms with van der Waals surface area (Å²) in [4.78, 5) is 41.1. The molecule has 1 aromatic heterocycles. The van der Waals surface area contributed by atoms with E-state index in [1.807, 2.05) is 6.92 Å². The minimum absolute atomic E-state index is 0.100. The number of aliphatic carboxylic acids is 1. The molecule has 0 saturated heterocycles. The fraction of sp³-hybridized carbons (Fsp3) is 0.571. The van der Waals surface area contributed by atoms with E-state index in [-0.39, 0.29) is 17.2 Å². The first-order valence-corrected chi connectivity index (χ1v) is 7.96. The number of ether oxygens (including phenoxy) is 1. The number of thioether (sulfide) groups is 1. The molecule has 1 rings (SSSR count). The monoisotopic (exact) mass is 328 g/mol. The zero-order valence-electron chi connectivity index (χ0n) is 12.8. The number of carboxylic acid groups (broad SMARTS) is 1. The first-order valence-electron chi connectivity index (χ1n) is 7.08. The lowest BCUT2D eigenvalue weighted by molar-refractivity contribution is -0.136. The molecular weight excluding hydrogens is 308 g/mol. The zero-order chi connectivity index (χ0) is 16.7. The van der Waals surface area contributed by atoms with Gasteiger partial charge in [-0.2, -0.15) is 4.98 Å². The van der Waals surface area contributed by atoms with Crippen molar-refractivity contribution in [3.63, 3.8) is 0 Å². The second-order valence-corrected chi connectivity index (χ2v) is 5.85. The predicted octanol–water partition coefficient (Wildman–Crippen LogP) is 1.99. The van der Waals surface area contributed by atoms with Gasteiger partial charge < -0.3 is 14.8 Å². The van der Waals surface area contributed by atoms with Gasteiger partial charge in [-0.1, -0.05) is 31.5 Å². The SMILES string of the molecule is CCCCC(Sc1nc(=O)[nH]c(C)c1C(=O)OCC)C(=O)O. The highest BCUT2D eigenvalue weighted by molar-refractivity contribution is 8.00. The second-order valence-electron chi connectivity index (χ2n) is 4.65. The van der Waals surface area contributed by atoms with Crippen LogP contribution in [0.3, 0.4) is 0 Å². The van der Waals surface area contributed by atoms with Crippen LogP contribution < -0.4 is 5.69 Å². The molecule has 1 atom stereocenters. The van der Waals surface area contributed by atoms with Crippen molar-refractivity contribution in [1.29, 1.82) is 0 Å². The van der Waals surface area contributed by atoms with E-state index in [4.69, 9.17) is 4.74 Å². The largest absolute Gasteiger partial charge is 0.480 e. The summed E-state index contributed by atoms with van der Waals surface area (Å²) >= 11 is 0.914. The Morgan fingerprint density at radius 1 is 1.41 bits per heavy atom. The van der Waals surface area contributed by atoms with Gasteiger partial charge in [-0.05, 0) is 20.3 Å². The molecule has 2 N–H and O–H groups in total. The first-order chi connectivity index (χ1) is 10.4. The third kappa shape index (κ3) is 4.87. The van der Waals surface area contributed by atoms with E-state index in [2.05, 4.69) is 9.97 Å². The molecule has 0 amide bonds. The highest BCUT2D eigenvalue weighted by atomic mass is 32.2. The van der Waals surface area contributed by atoms with Crippen molar-refractivity contribution in [2.45, 2.75) is 50.3 Å². The number of nitrogens with one attached hydrogen (secondary N) is 1. The molecule has 0 aromatic carbocycles. The molecule has 0 bridgehead atoms. The quantitative estimate of drug-likeness (QED) is 0.426. The highest BCUT2D eigenvalue weighted by Gasteiger charge is 2.25. The average Bonchev–Trinajstić information content (AvgIpc) is 2.42. The molecule has 1 heterocycles. The van der Waals surface area contributed by atoms with E-state index in [0.29, 0.717) is 12.1 Å². The second kappa shape index (κ2) is 8.57. The first kappa shape index (κ1) is 18.2. The summed E-state index contributed by atoms with van der Waals surface area (Å²) in [5.41, 5.74) is -0.178. The summed E-state index contributed by atoms with van der Waals surface area (Å²) in [6, 6.07) is 0. The number of H-pyrrole nitrogens is 1. The Labute approximate surface area is 132 Å². The van der Waals surface area contributed by atoms with Gasteiger partial charge in [0.1, 0.15) is 15.8 Å². The summed E-state index contributed by atoms with van der Waals surface area (Å²) in [6.07, 6.45) is 2.03. The van der Waals surface area contributed by atoms with Gasteiger partial charge in [-0.25, -0.2) is 9.59 Å². The van der Waals surface area contributed by atoms with Gasteiger partial charge in [0.2, 0.25) is 0 Å². The number of nitrogens with zero attached hydrogens (tertiary/aromatic N) is 1. The van der Waals surface area contributed by atoms with Crippen LogP contribution in [0.5, 0.6) is 0 Å². The maximum absolute atomic E-state index is 12.0. The van der Waals surface area contributed by atoms with Crippen molar-refractivity contribution >= 4 is 23.7 Å². The molecule has 8 heteroatoms. The number of rotatable bonds is 8. The molecule has 1 unspecified atom stereocenters. The summed E-state index contributed by atoms with van der Waals surface area (Å²) in [5, 5.41) is 8.62. The van der Waals surface area contributed by atoms with Gasteiger partial charge >= 0.3 is 17.6 Å². The third-order valence-electron chi connectivity index (χ3n) is 2.92. The van der Waals surface area contributed by atoms with Crippen LogP contribution in [-0.2, 0) is 9.53 Å². The fourth-order valence-corrected chi connectivity index (χ4v) is 2.99. The van der Waals surface area contributed by atoms with Crippen LogP contribution in [0.15, 0.2) is 9.82 Å². The minimum atomic E-state index is -0.993. The molecule has 0 aliphatic rings. The van der Waals surface area contributed by atoms with E-state index in [9.17, 15) is 19.5 Å². The molecule has 22 heavy (non-hydrogen) atoms. The average molecular weight is 328 g/mol. The number of aromatic amines is 1. The Morgan fingerprint density at radius 2 is 2.09 bits per heavy atom. The lowest BCUT2D eigenvalue weighted by Gasteiger charge is -2.14. The van der Waals surface area contributed by atoms with E-state index >= 15 is 0 Å². The van der Waals surface area contributed by atoms with Gasteiger partial charge in [0.25, 0.3) is 0 Å². The Bertz CT molecular complexity index is 599. The molecule has 0 spiro atoms. The van der Waals surface area contributed by atoms with Crippen molar-refractivity contribution in [3.05, 3.63) is 21.7 Å². The number of carbonyl (C=O) groups excluding carboxylic acids is 1. The van der Waals surface area contributed by atoms with E-state index in [1.165, 1.54) is 0 Å². The van der Waals surface area contributed by atoms with Gasteiger partial charge in [-0.3, -0.25) is 4.79 Å². The molecule has 0 aliphatic heterocycles. The molecule has 0 saturated carbocycles. The van der Waals surface area contributed by atoms with Gasteiger partial charge in [0, 0.05) is 5.69 Å². The zero-order valence-corrected chi connectivity index (χ0v) is 13.7. The Balaban J connectivity index is 3.18. The summed E-state index contributed by atoms with van der Waals surface area (Å²) in [5.74, 6) is -1.61. The molecule has 7 nitrogen and oxygen atoms in total. The summed E-state index contributed by atoms with van der Waals surface area (Å²) in [7, 11) is 0. The number of hydrogen-bond acceptors (Lipinski definition) is 6. The summed E-state index contributed by atoms with van der Waals surface area (Å²) < 4.78 is 4.95. The highest BCUT2D eigenvalue weighted by Crippen LogP contribution is 2.29. The normalized spacial score (nSPS) is 12.0. The molecule has 0 aliphatic carbocycles. The van der Waals surface area contributed by atoms with Crippen LogP contribution in [0.1, 0.15) is 49.2 Å². The van der Waals surface area contributed by atoms with E-state index < -0.39 is 22.9 Å². The standard InChI is InChI=1S/C14H20N2O5S/c1-4-6-7-9(12(17)18)22-11-10(13(19)21-5-2)8(3)15-14(20)16-11/h9H,4-7H2,1-3H3,(H,17,18)(H,15,16,20). The van der Waals surface area contributed by atoms with E-state index in [1.54, 1.807) is 13.8 Å². The lowest BCUT2D eigenvalue weighted by Crippen LogP contribution is -2.22. The predicted molar refractivity (Wildman–Crippen MR) is 82.4 cm³/mol. The van der Waals surface area contributed by atoms with Crippen LogP contribution in [0.25, 0.3) is 0 Å². The number of carboxylic acids is 1.